The molecule has 0 radical (unpaired) electrons. The summed E-state index contributed by atoms with van der Waals surface area (Å²) in [5.41, 5.74) is 3.65. The van der Waals surface area contributed by atoms with Crippen LogP contribution < -0.4 is 14.4 Å². The van der Waals surface area contributed by atoms with Crippen molar-refractivity contribution in [2.45, 2.75) is 24.7 Å². The van der Waals surface area contributed by atoms with Gasteiger partial charge in [-0.15, -0.1) is 0 Å². The molecule has 0 aromatic heterocycles. The number of fused-ring (bicyclic) bond motifs is 3. The highest BCUT2D eigenvalue weighted by atomic mass is 32.2. The van der Waals surface area contributed by atoms with E-state index in [1.807, 2.05) is 24.3 Å². The number of anilines is 2. The SMILES string of the molecule is COc1ccc(NC(=O)CN2c3ccc(C(C)C)cc3-c3ccccc3S2(=O)=O)cc1. The van der Waals surface area contributed by atoms with Gasteiger partial charge in [0, 0.05) is 16.8 Å². The molecule has 4 rings (SSSR count). The van der Waals surface area contributed by atoms with E-state index >= 15 is 0 Å². The molecule has 1 aliphatic heterocycles. The Bertz CT molecular complexity index is 1230. The van der Waals surface area contributed by atoms with Gasteiger partial charge in [-0.2, -0.15) is 0 Å². The molecule has 3 aromatic rings. The van der Waals surface area contributed by atoms with Crippen LogP contribution in [0.1, 0.15) is 25.3 Å². The predicted octanol–water partition coefficient (Wildman–Crippen LogP) is 4.63. The predicted molar refractivity (Wildman–Crippen MR) is 122 cm³/mol. The van der Waals surface area contributed by atoms with Gasteiger partial charge < -0.3 is 10.1 Å². The van der Waals surface area contributed by atoms with E-state index in [4.69, 9.17) is 4.74 Å². The smallest absolute Gasteiger partial charge is 0.265 e. The van der Waals surface area contributed by atoms with Crippen LogP contribution in [0.25, 0.3) is 11.1 Å². The van der Waals surface area contributed by atoms with Gasteiger partial charge >= 0.3 is 0 Å². The maximum Gasteiger partial charge on any atom is 0.265 e. The second-order valence-electron chi connectivity index (χ2n) is 7.72. The highest BCUT2D eigenvalue weighted by molar-refractivity contribution is 7.93. The number of nitrogens with one attached hydrogen (secondary N) is 1. The van der Waals surface area contributed by atoms with Gasteiger partial charge in [-0.1, -0.05) is 38.1 Å². The largest absolute Gasteiger partial charge is 0.497 e. The standard InChI is InChI=1S/C24H24N2O4S/c1-16(2)17-8-13-22-21(14-17)20-6-4-5-7-23(20)31(28,29)26(22)15-24(27)25-18-9-11-19(30-3)12-10-18/h4-14,16H,15H2,1-3H3,(H,25,27). The summed E-state index contributed by atoms with van der Waals surface area (Å²) in [4.78, 5) is 13.0. The highest BCUT2D eigenvalue weighted by Gasteiger charge is 2.36. The zero-order valence-corrected chi connectivity index (χ0v) is 18.4. The number of hydrogen-bond donors (Lipinski definition) is 1. The minimum atomic E-state index is -3.87. The average Bonchev–Trinajstić information content (AvgIpc) is 2.77. The number of carbonyl (C=O) groups excluding carboxylic acids is 1. The summed E-state index contributed by atoms with van der Waals surface area (Å²) >= 11 is 0. The van der Waals surface area contributed by atoms with E-state index in [1.165, 1.54) is 4.31 Å². The third kappa shape index (κ3) is 3.88. The molecule has 0 atom stereocenters. The number of amides is 1. The Balaban J connectivity index is 1.71. The third-order valence-corrected chi connectivity index (χ3v) is 7.18. The number of sulfonamides is 1. The lowest BCUT2D eigenvalue weighted by Crippen LogP contribution is -2.40. The van der Waals surface area contributed by atoms with E-state index in [-0.39, 0.29) is 11.4 Å². The molecule has 0 bridgehead atoms. The molecule has 0 spiro atoms. The lowest BCUT2D eigenvalue weighted by Gasteiger charge is -2.32. The van der Waals surface area contributed by atoms with Crippen molar-refractivity contribution in [3.8, 4) is 16.9 Å². The molecule has 0 aliphatic carbocycles. The Labute approximate surface area is 182 Å². The van der Waals surface area contributed by atoms with Crippen LogP contribution in [0.2, 0.25) is 0 Å². The summed E-state index contributed by atoms with van der Waals surface area (Å²) in [6.07, 6.45) is 0. The number of benzene rings is 3. The van der Waals surface area contributed by atoms with Crippen molar-refractivity contribution in [2.24, 2.45) is 0 Å². The molecular weight excluding hydrogens is 412 g/mol. The second kappa shape index (κ2) is 8.07. The summed E-state index contributed by atoms with van der Waals surface area (Å²) < 4.78 is 33.1. The molecule has 1 aliphatic rings. The third-order valence-electron chi connectivity index (χ3n) is 5.36. The van der Waals surface area contributed by atoms with E-state index in [0.717, 1.165) is 11.1 Å². The summed E-state index contributed by atoms with van der Waals surface area (Å²) in [6, 6.07) is 19.5. The van der Waals surface area contributed by atoms with Gasteiger partial charge in [0.1, 0.15) is 12.3 Å². The summed E-state index contributed by atoms with van der Waals surface area (Å²) in [6.45, 7) is 3.86. The first-order valence-electron chi connectivity index (χ1n) is 10.0. The minimum Gasteiger partial charge on any atom is -0.497 e. The van der Waals surface area contributed by atoms with Crippen LogP contribution in [0.4, 0.5) is 11.4 Å². The van der Waals surface area contributed by atoms with Crippen LogP contribution in [0, 0.1) is 0 Å². The van der Waals surface area contributed by atoms with Crippen LogP contribution in [0.15, 0.2) is 71.6 Å². The first-order valence-corrected chi connectivity index (χ1v) is 11.5. The van der Waals surface area contributed by atoms with E-state index in [0.29, 0.717) is 28.6 Å². The molecule has 6 nitrogen and oxygen atoms in total. The van der Waals surface area contributed by atoms with Crippen LogP contribution in [0.3, 0.4) is 0 Å². The van der Waals surface area contributed by atoms with Crippen LogP contribution in [-0.2, 0) is 14.8 Å². The maximum atomic E-state index is 13.4. The van der Waals surface area contributed by atoms with E-state index in [1.54, 1.807) is 49.6 Å². The van der Waals surface area contributed by atoms with Gasteiger partial charge in [0.05, 0.1) is 17.7 Å². The highest BCUT2D eigenvalue weighted by Crippen LogP contribution is 2.43. The molecule has 7 heteroatoms. The number of nitrogens with zero attached hydrogens (tertiary/aromatic N) is 1. The molecule has 0 saturated heterocycles. The summed E-state index contributed by atoms with van der Waals surface area (Å²) in [5.74, 6) is 0.540. The fourth-order valence-electron chi connectivity index (χ4n) is 3.68. The Kier molecular flexibility index (Phi) is 5.45. The van der Waals surface area contributed by atoms with Crippen LogP contribution >= 0.6 is 0 Å². The molecule has 3 aromatic carbocycles. The van der Waals surface area contributed by atoms with Crippen LogP contribution in [0.5, 0.6) is 5.75 Å². The molecule has 1 amide bonds. The zero-order chi connectivity index (χ0) is 22.2. The van der Waals surface area contributed by atoms with Crippen LogP contribution in [-0.4, -0.2) is 28.0 Å². The maximum absolute atomic E-state index is 13.4. The summed E-state index contributed by atoms with van der Waals surface area (Å²) in [5, 5.41) is 2.76. The summed E-state index contributed by atoms with van der Waals surface area (Å²) in [7, 11) is -2.31. The molecule has 0 unspecified atom stereocenters. The normalized spacial score (nSPS) is 14.0. The monoisotopic (exact) mass is 436 g/mol. The Morgan fingerprint density at radius 3 is 2.39 bits per heavy atom. The minimum absolute atomic E-state index is 0.209. The average molecular weight is 437 g/mol. The van der Waals surface area contributed by atoms with Gasteiger partial charge in [0.25, 0.3) is 10.0 Å². The Morgan fingerprint density at radius 1 is 1.00 bits per heavy atom. The van der Waals surface area contributed by atoms with Gasteiger partial charge in [-0.3, -0.25) is 9.10 Å². The second-order valence-corrected chi connectivity index (χ2v) is 9.55. The first-order chi connectivity index (χ1) is 14.8. The van der Waals surface area contributed by atoms with E-state index < -0.39 is 15.9 Å². The number of ether oxygens (including phenoxy) is 1. The van der Waals surface area contributed by atoms with Crippen molar-refractivity contribution in [3.63, 3.8) is 0 Å². The van der Waals surface area contributed by atoms with Crippen molar-refractivity contribution in [3.05, 3.63) is 72.3 Å². The van der Waals surface area contributed by atoms with E-state index in [2.05, 4.69) is 19.2 Å². The Hall–Kier alpha value is -3.32. The quantitative estimate of drug-likeness (QED) is 0.633. The van der Waals surface area contributed by atoms with Gasteiger partial charge in [0.15, 0.2) is 0 Å². The van der Waals surface area contributed by atoms with Gasteiger partial charge in [-0.25, -0.2) is 8.42 Å². The van der Waals surface area contributed by atoms with Crippen molar-refractivity contribution in [2.75, 3.05) is 23.3 Å². The van der Waals surface area contributed by atoms with Crippen molar-refractivity contribution in [1.29, 1.82) is 0 Å². The fraction of sp³-hybridized carbons (Fsp3) is 0.208. The molecule has 1 heterocycles. The van der Waals surface area contributed by atoms with Crippen molar-refractivity contribution in [1.82, 2.24) is 0 Å². The molecule has 0 fully saturated rings. The number of methoxy groups -OCH3 is 1. The molecule has 1 N–H and O–H groups in total. The number of hydrogen-bond acceptors (Lipinski definition) is 4. The van der Waals surface area contributed by atoms with E-state index in [9.17, 15) is 13.2 Å². The molecule has 0 saturated carbocycles. The number of carbonyl (C=O) groups is 1. The lowest BCUT2D eigenvalue weighted by molar-refractivity contribution is -0.114. The van der Waals surface area contributed by atoms with Gasteiger partial charge in [-0.05, 0) is 53.9 Å². The zero-order valence-electron chi connectivity index (χ0n) is 17.6. The molecular formula is C24H24N2O4S. The number of rotatable bonds is 5. The topological polar surface area (TPSA) is 75.7 Å². The lowest BCUT2D eigenvalue weighted by atomic mass is 9.95. The molecule has 31 heavy (non-hydrogen) atoms. The molecule has 160 valence electrons. The van der Waals surface area contributed by atoms with Gasteiger partial charge in [0.2, 0.25) is 5.91 Å². The van der Waals surface area contributed by atoms with Crippen molar-refractivity contribution >= 4 is 27.3 Å². The first kappa shape index (κ1) is 20.9. The Morgan fingerprint density at radius 2 is 1.71 bits per heavy atom. The van der Waals surface area contributed by atoms with Crippen molar-refractivity contribution < 1.29 is 17.9 Å². The fourth-order valence-corrected chi connectivity index (χ4v) is 5.33.